The highest BCUT2D eigenvalue weighted by Gasteiger charge is 2.16. The van der Waals surface area contributed by atoms with Crippen LogP contribution in [-0.2, 0) is 14.4 Å². The Balaban J connectivity index is 2.74. The Morgan fingerprint density at radius 2 is 1.88 bits per heavy atom. The van der Waals surface area contributed by atoms with Gasteiger partial charge in [0.15, 0.2) is 11.4 Å². The Bertz CT molecular complexity index is 378. The number of allylic oxidation sites excluding steroid dienone is 2. The van der Waals surface area contributed by atoms with Gasteiger partial charge in [0, 0.05) is 24.4 Å². The van der Waals surface area contributed by atoms with Crippen LogP contribution in [0.15, 0.2) is 23.5 Å². The van der Waals surface area contributed by atoms with E-state index < -0.39 is 17.5 Å². The van der Waals surface area contributed by atoms with Crippen LogP contribution in [-0.4, -0.2) is 27.9 Å². The van der Waals surface area contributed by atoms with Gasteiger partial charge in [-0.2, -0.15) is 0 Å². The number of hydrogen-bond acceptors (Lipinski definition) is 4. The molecule has 0 aromatic heterocycles. The molecule has 16 heavy (non-hydrogen) atoms. The Morgan fingerprint density at radius 3 is 2.38 bits per heavy atom. The molecule has 1 aliphatic carbocycles. The van der Waals surface area contributed by atoms with Gasteiger partial charge >= 0.3 is 11.9 Å². The molecule has 86 valence electrons. The Kier molecular flexibility index (Phi) is 3.82. The van der Waals surface area contributed by atoms with E-state index in [9.17, 15) is 14.4 Å². The first-order chi connectivity index (χ1) is 7.50. The second kappa shape index (κ2) is 5.11. The van der Waals surface area contributed by atoms with Gasteiger partial charge in [0.2, 0.25) is 0 Å². The predicted molar refractivity (Wildman–Crippen MR) is 53.4 cm³/mol. The summed E-state index contributed by atoms with van der Waals surface area (Å²) in [5.74, 6) is -3.10. The molecule has 1 rings (SSSR count). The number of carboxylic acid groups (broad SMARTS) is 2. The highest BCUT2D eigenvalue weighted by atomic mass is 16.4. The number of carbonyl (C=O) groups excluding carboxylic acids is 1. The van der Waals surface area contributed by atoms with Gasteiger partial charge in [0.1, 0.15) is 0 Å². The van der Waals surface area contributed by atoms with Crippen LogP contribution in [0.2, 0.25) is 0 Å². The topological polar surface area (TPSA) is 104 Å². The van der Waals surface area contributed by atoms with Crippen LogP contribution in [0.4, 0.5) is 0 Å². The molecular weight excluding hydrogens is 214 g/mol. The molecule has 0 aliphatic heterocycles. The van der Waals surface area contributed by atoms with Gasteiger partial charge in [-0.05, 0) is 12.8 Å². The highest BCUT2D eigenvalue weighted by Crippen LogP contribution is 2.12. The summed E-state index contributed by atoms with van der Waals surface area (Å²) in [6, 6.07) is 0. The summed E-state index contributed by atoms with van der Waals surface area (Å²) in [6.45, 7) is 0. The van der Waals surface area contributed by atoms with Crippen molar-refractivity contribution in [2.45, 2.75) is 19.3 Å². The molecule has 1 aliphatic rings. The summed E-state index contributed by atoms with van der Waals surface area (Å²) in [6.07, 6.45) is 4.01. The summed E-state index contributed by atoms with van der Waals surface area (Å²) in [7, 11) is 0. The van der Waals surface area contributed by atoms with Crippen LogP contribution in [0.5, 0.6) is 0 Å². The lowest BCUT2D eigenvalue weighted by Crippen LogP contribution is -2.18. The average Bonchev–Trinajstić information content (AvgIpc) is 2.16. The van der Waals surface area contributed by atoms with Crippen molar-refractivity contribution in [3.63, 3.8) is 0 Å². The molecule has 0 aromatic rings. The van der Waals surface area contributed by atoms with Crippen molar-refractivity contribution in [1.29, 1.82) is 0 Å². The molecule has 0 unspecified atom stereocenters. The maximum Gasteiger partial charge on any atom is 0.344 e. The molecule has 0 saturated heterocycles. The summed E-state index contributed by atoms with van der Waals surface area (Å²) in [5, 5.41) is 19.6. The van der Waals surface area contributed by atoms with E-state index in [1.807, 2.05) is 0 Å². The van der Waals surface area contributed by atoms with Crippen LogP contribution in [0, 0.1) is 0 Å². The van der Waals surface area contributed by atoms with E-state index in [1.165, 1.54) is 6.08 Å². The van der Waals surface area contributed by atoms with Crippen molar-refractivity contribution >= 4 is 17.7 Å². The Morgan fingerprint density at radius 1 is 1.25 bits per heavy atom. The third-order valence-corrected chi connectivity index (χ3v) is 2.07. The van der Waals surface area contributed by atoms with E-state index in [4.69, 9.17) is 10.2 Å². The van der Waals surface area contributed by atoms with Crippen molar-refractivity contribution in [1.82, 2.24) is 5.32 Å². The van der Waals surface area contributed by atoms with Crippen molar-refractivity contribution < 1.29 is 24.6 Å². The number of rotatable bonds is 4. The second-order valence-electron chi connectivity index (χ2n) is 3.30. The van der Waals surface area contributed by atoms with Crippen LogP contribution in [0.25, 0.3) is 0 Å². The van der Waals surface area contributed by atoms with Crippen molar-refractivity contribution in [3.05, 3.63) is 23.5 Å². The molecule has 0 heterocycles. The molecule has 0 spiro atoms. The Hall–Kier alpha value is -2.11. The van der Waals surface area contributed by atoms with Crippen molar-refractivity contribution in [3.8, 4) is 0 Å². The number of nitrogens with one attached hydrogen (secondary N) is 1. The highest BCUT2D eigenvalue weighted by molar-refractivity contribution is 6.12. The zero-order valence-corrected chi connectivity index (χ0v) is 8.40. The largest absolute Gasteiger partial charge is 0.477 e. The standard InChI is InChI=1S/C10H11NO5/c12-7-3-1-2-6(4-7)11-5-8(9(13)14)10(15)16/h4-5,11H,1-3H2,(H,13,14)(H,15,16). The molecular formula is C10H11NO5. The molecule has 6 heteroatoms. The minimum atomic E-state index is -1.53. The van der Waals surface area contributed by atoms with Crippen molar-refractivity contribution in [2.24, 2.45) is 0 Å². The maximum atomic E-state index is 11.0. The normalized spacial score (nSPS) is 15.0. The molecule has 0 bridgehead atoms. The third kappa shape index (κ3) is 3.23. The molecule has 0 atom stereocenters. The smallest absolute Gasteiger partial charge is 0.344 e. The molecule has 0 aromatic carbocycles. The quantitative estimate of drug-likeness (QED) is 0.360. The van der Waals surface area contributed by atoms with E-state index in [1.54, 1.807) is 0 Å². The molecule has 0 amide bonds. The maximum absolute atomic E-state index is 11.0. The Labute approximate surface area is 91.3 Å². The minimum Gasteiger partial charge on any atom is -0.477 e. The molecule has 6 nitrogen and oxygen atoms in total. The molecule has 3 N–H and O–H groups in total. The van der Waals surface area contributed by atoms with Gasteiger partial charge in [-0.3, -0.25) is 4.79 Å². The number of aliphatic carboxylic acids is 2. The molecule has 0 radical (unpaired) electrons. The molecule has 0 fully saturated rings. The van der Waals surface area contributed by atoms with E-state index in [0.29, 0.717) is 25.0 Å². The van der Waals surface area contributed by atoms with E-state index in [-0.39, 0.29) is 5.78 Å². The van der Waals surface area contributed by atoms with Crippen molar-refractivity contribution in [2.75, 3.05) is 0 Å². The van der Waals surface area contributed by atoms with Crippen LogP contribution < -0.4 is 5.32 Å². The number of hydrogen-bond donors (Lipinski definition) is 3. The van der Waals surface area contributed by atoms with Crippen LogP contribution in [0.1, 0.15) is 19.3 Å². The average molecular weight is 225 g/mol. The van der Waals surface area contributed by atoms with E-state index in [0.717, 1.165) is 6.20 Å². The monoisotopic (exact) mass is 225 g/mol. The number of carboxylic acids is 2. The minimum absolute atomic E-state index is 0.0469. The van der Waals surface area contributed by atoms with Crippen LogP contribution in [0.3, 0.4) is 0 Å². The first-order valence-corrected chi connectivity index (χ1v) is 4.67. The fraction of sp³-hybridized carbons (Fsp3) is 0.300. The van der Waals surface area contributed by atoms with Gasteiger partial charge in [-0.1, -0.05) is 0 Å². The van der Waals surface area contributed by atoms with Gasteiger partial charge in [-0.15, -0.1) is 0 Å². The lowest BCUT2D eigenvalue weighted by Gasteiger charge is -2.11. The summed E-state index contributed by atoms with van der Waals surface area (Å²) in [4.78, 5) is 32.0. The predicted octanol–water partition coefficient (Wildman–Crippen LogP) is 0.266. The zero-order valence-electron chi connectivity index (χ0n) is 8.40. The summed E-state index contributed by atoms with van der Waals surface area (Å²) in [5.41, 5.74) is -0.227. The lowest BCUT2D eigenvalue weighted by molar-refractivity contribution is -0.140. The first kappa shape index (κ1) is 12.0. The summed E-state index contributed by atoms with van der Waals surface area (Å²) >= 11 is 0. The van der Waals surface area contributed by atoms with E-state index >= 15 is 0 Å². The fourth-order valence-corrected chi connectivity index (χ4v) is 1.29. The SMILES string of the molecule is O=C1C=C(NC=C(C(=O)O)C(=O)O)CCC1. The second-order valence-corrected chi connectivity index (χ2v) is 3.30. The zero-order chi connectivity index (χ0) is 12.1. The summed E-state index contributed by atoms with van der Waals surface area (Å²) < 4.78 is 0. The van der Waals surface area contributed by atoms with E-state index in [2.05, 4.69) is 5.32 Å². The first-order valence-electron chi connectivity index (χ1n) is 4.67. The van der Waals surface area contributed by atoms with Gasteiger partial charge < -0.3 is 15.5 Å². The third-order valence-electron chi connectivity index (χ3n) is 2.07. The number of carbonyl (C=O) groups is 3. The van der Waals surface area contributed by atoms with Gasteiger partial charge in [0.05, 0.1) is 0 Å². The fourth-order valence-electron chi connectivity index (χ4n) is 1.29. The number of ketones is 1. The van der Waals surface area contributed by atoms with Crippen LogP contribution >= 0.6 is 0 Å². The van der Waals surface area contributed by atoms with Gasteiger partial charge in [-0.25, -0.2) is 9.59 Å². The molecule has 0 saturated carbocycles. The van der Waals surface area contributed by atoms with Gasteiger partial charge in [0.25, 0.3) is 0 Å². The lowest BCUT2D eigenvalue weighted by atomic mass is 10.0.